The lowest BCUT2D eigenvalue weighted by Gasteiger charge is -2.24. The maximum Gasteiger partial charge on any atom is 0.300 e. The van der Waals surface area contributed by atoms with Gasteiger partial charge in [0.1, 0.15) is 23.3 Å². The molecule has 2 heterocycles. The zero-order valence-electron chi connectivity index (χ0n) is 16.4. The molecular formula is C23H19NO5S. The van der Waals surface area contributed by atoms with Crippen LogP contribution in [0.3, 0.4) is 0 Å². The van der Waals surface area contributed by atoms with Crippen LogP contribution in [0.15, 0.2) is 71.6 Å². The van der Waals surface area contributed by atoms with Gasteiger partial charge < -0.3 is 14.6 Å². The van der Waals surface area contributed by atoms with Crippen molar-refractivity contribution in [3.8, 4) is 11.5 Å². The molecule has 1 amide bonds. The molecule has 1 unspecified atom stereocenters. The lowest BCUT2D eigenvalue weighted by molar-refractivity contribution is -0.132. The van der Waals surface area contributed by atoms with Crippen molar-refractivity contribution in [2.24, 2.45) is 0 Å². The van der Waals surface area contributed by atoms with Gasteiger partial charge in [0.2, 0.25) is 0 Å². The van der Waals surface area contributed by atoms with Crippen molar-refractivity contribution in [1.29, 1.82) is 0 Å². The molecule has 1 fully saturated rings. The van der Waals surface area contributed by atoms with Crippen molar-refractivity contribution in [3.05, 3.63) is 82.1 Å². The predicted octanol–water partition coefficient (Wildman–Crippen LogP) is 4.39. The first-order chi connectivity index (χ1) is 14.6. The second-order valence-electron chi connectivity index (χ2n) is 6.59. The Labute approximate surface area is 177 Å². The third-order valence-corrected chi connectivity index (χ3v) is 5.88. The predicted molar refractivity (Wildman–Crippen MR) is 115 cm³/mol. The first-order valence-electron chi connectivity index (χ1n) is 9.18. The Morgan fingerprint density at radius 3 is 2.40 bits per heavy atom. The molecule has 7 heteroatoms. The molecule has 1 atom stereocenters. The number of methoxy groups -OCH3 is 2. The number of rotatable bonds is 5. The number of aliphatic hydroxyl groups is 1. The highest BCUT2D eigenvalue weighted by Gasteiger charge is 2.47. The summed E-state index contributed by atoms with van der Waals surface area (Å²) in [4.78, 5) is 28.3. The summed E-state index contributed by atoms with van der Waals surface area (Å²) >= 11 is 1.41. The standard InChI is InChI=1S/C23H19NO5S/c1-28-15-10-11-16(17(13-15)29-2)21(25)19-20(18-9-6-12-30-18)24(23(27)22(19)26)14-7-4-3-5-8-14/h3-13,20,25H,1-2H3/b21-19-. The highest BCUT2D eigenvalue weighted by atomic mass is 32.1. The van der Waals surface area contributed by atoms with Gasteiger partial charge in [-0.25, -0.2) is 0 Å². The Morgan fingerprint density at radius 2 is 1.77 bits per heavy atom. The molecule has 30 heavy (non-hydrogen) atoms. The number of ketones is 1. The van der Waals surface area contributed by atoms with Crippen LogP contribution in [0.4, 0.5) is 5.69 Å². The molecular weight excluding hydrogens is 402 g/mol. The molecule has 1 aliphatic heterocycles. The van der Waals surface area contributed by atoms with E-state index in [0.29, 0.717) is 22.7 Å². The summed E-state index contributed by atoms with van der Waals surface area (Å²) in [6, 6.07) is 16.8. The molecule has 0 bridgehead atoms. The summed E-state index contributed by atoms with van der Waals surface area (Å²) in [7, 11) is 2.99. The van der Waals surface area contributed by atoms with Crippen molar-refractivity contribution < 1.29 is 24.2 Å². The van der Waals surface area contributed by atoms with Gasteiger partial charge >= 0.3 is 0 Å². The minimum atomic E-state index is -0.743. The summed E-state index contributed by atoms with van der Waals surface area (Å²) in [5.41, 5.74) is 0.916. The van der Waals surface area contributed by atoms with E-state index in [9.17, 15) is 14.7 Å². The molecule has 6 nitrogen and oxygen atoms in total. The molecule has 1 saturated heterocycles. The molecule has 3 aromatic rings. The number of hydrogen-bond donors (Lipinski definition) is 1. The largest absolute Gasteiger partial charge is 0.507 e. The molecule has 0 saturated carbocycles. The van der Waals surface area contributed by atoms with Gasteiger partial charge in [-0.1, -0.05) is 24.3 Å². The summed E-state index contributed by atoms with van der Waals surface area (Å²) in [6.07, 6.45) is 0. The molecule has 152 valence electrons. The average Bonchev–Trinajstić information content (AvgIpc) is 3.40. The van der Waals surface area contributed by atoms with Crippen LogP contribution in [0.25, 0.3) is 5.76 Å². The SMILES string of the molecule is COc1ccc(/C(O)=C2/C(=O)C(=O)N(c3ccccc3)C2c2cccs2)c(OC)c1. The number of Topliss-reactive ketones (excluding diaryl/α,β-unsaturated/α-hetero) is 1. The topological polar surface area (TPSA) is 76.1 Å². The van der Waals surface area contributed by atoms with E-state index in [1.165, 1.54) is 30.5 Å². The van der Waals surface area contributed by atoms with E-state index < -0.39 is 17.7 Å². The molecule has 0 spiro atoms. The summed E-state index contributed by atoms with van der Waals surface area (Å²) < 4.78 is 10.6. The highest BCUT2D eigenvalue weighted by Crippen LogP contribution is 2.44. The van der Waals surface area contributed by atoms with Crippen LogP contribution in [0.5, 0.6) is 11.5 Å². The van der Waals surface area contributed by atoms with Crippen molar-refractivity contribution in [2.45, 2.75) is 6.04 Å². The number of carbonyl (C=O) groups excluding carboxylic acids is 2. The van der Waals surface area contributed by atoms with E-state index in [1.54, 1.807) is 42.5 Å². The van der Waals surface area contributed by atoms with E-state index >= 15 is 0 Å². The van der Waals surface area contributed by atoms with Crippen molar-refractivity contribution in [3.63, 3.8) is 0 Å². The maximum atomic E-state index is 13.1. The fourth-order valence-electron chi connectivity index (χ4n) is 3.54. The van der Waals surface area contributed by atoms with Crippen LogP contribution in [0.2, 0.25) is 0 Å². The second kappa shape index (κ2) is 8.04. The van der Waals surface area contributed by atoms with E-state index in [-0.39, 0.29) is 11.3 Å². The maximum absolute atomic E-state index is 13.1. The minimum absolute atomic E-state index is 0.0229. The Morgan fingerprint density at radius 1 is 1.00 bits per heavy atom. The fraction of sp³-hybridized carbons (Fsp3) is 0.130. The Kier molecular flexibility index (Phi) is 5.29. The summed E-state index contributed by atoms with van der Waals surface area (Å²) in [6.45, 7) is 0. The Bertz CT molecular complexity index is 1120. The van der Waals surface area contributed by atoms with Gasteiger partial charge in [0.15, 0.2) is 0 Å². The zero-order chi connectivity index (χ0) is 21.3. The van der Waals surface area contributed by atoms with Gasteiger partial charge in [-0.2, -0.15) is 0 Å². The fourth-order valence-corrected chi connectivity index (χ4v) is 4.37. The van der Waals surface area contributed by atoms with Gasteiger partial charge in [0.25, 0.3) is 11.7 Å². The van der Waals surface area contributed by atoms with E-state index in [1.807, 2.05) is 23.6 Å². The number of nitrogens with zero attached hydrogens (tertiary/aromatic N) is 1. The molecule has 4 rings (SSSR count). The van der Waals surface area contributed by atoms with Crippen molar-refractivity contribution in [1.82, 2.24) is 0 Å². The number of amides is 1. The minimum Gasteiger partial charge on any atom is -0.507 e. The average molecular weight is 421 g/mol. The van der Waals surface area contributed by atoms with E-state index in [0.717, 1.165) is 4.88 Å². The number of hydrogen-bond acceptors (Lipinski definition) is 6. The van der Waals surface area contributed by atoms with Crippen LogP contribution in [-0.2, 0) is 9.59 Å². The third kappa shape index (κ3) is 3.23. The second-order valence-corrected chi connectivity index (χ2v) is 7.57. The summed E-state index contributed by atoms with van der Waals surface area (Å²) in [5.74, 6) is -0.837. The zero-order valence-corrected chi connectivity index (χ0v) is 17.2. The first-order valence-corrected chi connectivity index (χ1v) is 10.1. The van der Waals surface area contributed by atoms with Crippen LogP contribution >= 0.6 is 11.3 Å². The quantitative estimate of drug-likeness (QED) is 0.376. The third-order valence-electron chi connectivity index (χ3n) is 4.96. The molecule has 1 aliphatic rings. The van der Waals surface area contributed by atoms with Crippen molar-refractivity contribution >= 4 is 34.5 Å². The van der Waals surface area contributed by atoms with E-state index in [2.05, 4.69) is 0 Å². The monoisotopic (exact) mass is 421 g/mol. The van der Waals surface area contributed by atoms with Gasteiger partial charge in [0, 0.05) is 16.6 Å². The van der Waals surface area contributed by atoms with Gasteiger partial charge in [-0.05, 0) is 35.7 Å². The highest BCUT2D eigenvalue weighted by molar-refractivity contribution is 7.10. The van der Waals surface area contributed by atoms with Crippen LogP contribution in [0, 0.1) is 0 Å². The van der Waals surface area contributed by atoms with Gasteiger partial charge in [0.05, 0.1) is 25.4 Å². The van der Waals surface area contributed by atoms with Gasteiger partial charge in [-0.15, -0.1) is 11.3 Å². The molecule has 0 radical (unpaired) electrons. The Balaban J connectivity index is 1.93. The number of thiophene rings is 1. The first kappa shape index (κ1) is 19.7. The Hall–Kier alpha value is -3.58. The van der Waals surface area contributed by atoms with Crippen LogP contribution < -0.4 is 14.4 Å². The van der Waals surface area contributed by atoms with E-state index in [4.69, 9.17) is 9.47 Å². The van der Waals surface area contributed by atoms with Crippen molar-refractivity contribution in [2.75, 3.05) is 19.1 Å². The van der Waals surface area contributed by atoms with Crippen LogP contribution in [-0.4, -0.2) is 31.0 Å². The molecule has 0 aliphatic carbocycles. The van der Waals surface area contributed by atoms with Gasteiger partial charge in [-0.3, -0.25) is 14.5 Å². The lowest BCUT2D eigenvalue weighted by Crippen LogP contribution is -2.29. The lowest BCUT2D eigenvalue weighted by atomic mass is 9.99. The number of aliphatic hydroxyl groups excluding tert-OH is 1. The smallest absolute Gasteiger partial charge is 0.300 e. The number of benzene rings is 2. The number of para-hydroxylation sites is 1. The number of anilines is 1. The number of ether oxygens (including phenoxy) is 2. The molecule has 1 N–H and O–H groups in total. The molecule has 2 aromatic carbocycles. The molecule has 1 aromatic heterocycles. The van der Waals surface area contributed by atoms with Crippen LogP contribution in [0.1, 0.15) is 16.5 Å². The normalized spacial score (nSPS) is 17.9. The summed E-state index contributed by atoms with van der Waals surface area (Å²) in [5, 5.41) is 13.1. The number of carbonyl (C=O) groups is 2.